The van der Waals surface area contributed by atoms with Crippen molar-refractivity contribution in [3.05, 3.63) is 65.5 Å². The molecule has 0 spiro atoms. The molecule has 0 N–H and O–H groups in total. The smallest absolute Gasteiger partial charge is 0.167 e. The highest BCUT2D eigenvalue weighted by Crippen LogP contribution is 2.33. The predicted molar refractivity (Wildman–Crippen MR) is 94.1 cm³/mol. The minimum Gasteiger partial charge on any atom is -0.493 e. The van der Waals surface area contributed by atoms with Gasteiger partial charge in [-0.1, -0.05) is 29.8 Å². The number of rotatable bonds is 5. The minimum atomic E-state index is 0.0686. The lowest BCUT2D eigenvalue weighted by molar-refractivity contribution is 0.0993. The van der Waals surface area contributed by atoms with Gasteiger partial charge in [-0.3, -0.25) is 9.78 Å². The van der Waals surface area contributed by atoms with E-state index in [0.29, 0.717) is 23.5 Å². The van der Waals surface area contributed by atoms with E-state index in [1.165, 1.54) is 0 Å². The van der Waals surface area contributed by atoms with Gasteiger partial charge in [-0.05, 0) is 30.0 Å². The second kappa shape index (κ2) is 6.71. The van der Waals surface area contributed by atoms with Gasteiger partial charge in [0.1, 0.15) is 0 Å². The lowest BCUT2D eigenvalue weighted by Gasteiger charge is -2.11. The van der Waals surface area contributed by atoms with Gasteiger partial charge in [-0.25, -0.2) is 0 Å². The SMILES string of the molecule is COc1cc2cncc(CC(=O)c3ccc(C)cc3)c2cc1OC. The molecule has 122 valence electrons. The number of aromatic nitrogens is 1. The molecule has 0 unspecified atom stereocenters. The summed E-state index contributed by atoms with van der Waals surface area (Å²) in [6.07, 6.45) is 3.79. The molecule has 4 nitrogen and oxygen atoms in total. The fraction of sp³-hybridized carbons (Fsp3) is 0.200. The van der Waals surface area contributed by atoms with E-state index in [0.717, 1.165) is 21.9 Å². The summed E-state index contributed by atoms with van der Waals surface area (Å²) in [5.41, 5.74) is 2.72. The Morgan fingerprint density at radius 2 is 1.67 bits per heavy atom. The van der Waals surface area contributed by atoms with Crippen LogP contribution in [0.3, 0.4) is 0 Å². The van der Waals surface area contributed by atoms with Crippen molar-refractivity contribution in [1.82, 2.24) is 4.98 Å². The molecule has 0 amide bonds. The van der Waals surface area contributed by atoms with Crippen molar-refractivity contribution in [3.8, 4) is 11.5 Å². The van der Waals surface area contributed by atoms with Crippen LogP contribution in [0.2, 0.25) is 0 Å². The molecule has 0 aliphatic heterocycles. The van der Waals surface area contributed by atoms with Gasteiger partial charge in [0, 0.05) is 29.8 Å². The number of ketones is 1. The Balaban J connectivity index is 2.00. The van der Waals surface area contributed by atoms with Crippen molar-refractivity contribution in [2.24, 2.45) is 0 Å². The lowest BCUT2D eigenvalue weighted by Crippen LogP contribution is -2.04. The molecule has 3 rings (SSSR count). The molecule has 0 radical (unpaired) electrons. The second-order valence-electron chi connectivity index (χ2n) is 5.69. The van der Waals surface area contributed by atoms with Gasteiger partial charge in [-0.15, -0.1) is 0 Å². The number of nitrogens with zero attached hydrogens (tertiary/aromatic N) is 1. The average molecular weight is 321 g/mol. The number of pyridine rings is 1. The summed E-state index contributed by atoms with van der Waals surface area (Å²) in [6, 6.07) is 11.4. The Labute approximate surface area is 141 Å². The Morgan fingerprint density at radius 3 is 2.33 bits per heavy atom. The first-order valence-electron chi connectivity index (χ1n) is 7.71. The topological polar surface area (TPSA) is 48.4 Å². The highest BCUT2D eigenvalue weighted by molar-refractivity contribution is 6.00. The van der Waals surface area contributed by atoms with Crippen LogP contribution in [0.15, 0.2) is 48.8 Å². The van der Waals surface area contributed by atoms with E-state index < -0.39 is 0 Å². The molecule has 0 aliphatic carbocycles. The van der Waals surface area contributed by atoms with Crippen LogP contribution in [-0.2, 0) is 6.42 Å². The zero-order valence-electron chi connectivity index (χ0n) is 14.0. The summed E-state index contributed by atoms with van der Waals surface area (Å²) in [4.78, 5) is 16.8. The number of fused-ring (bicyclic) bond motifs is 1. The molecule has 0 bridgehead atoms. The number of benzene rings is 2. The molecular weight excluding hydrogens is 302 g/mol. The molecule has 1 aromatic heterocycles. The Hall–Kier alpha value is -2.88. The fourth-order valence-corrected chi connectivity index (χ4v) is 2.71. The van der Waals surface area contributed by atoms with Crippen molar-refractivity contribution in [2.75, 3.05) is 14.2 Å². The van der Waals surface area contributed by atoms with Crippen molar-refractivity contribution < 1.29 is 14.3 Å². The second-order valence-corrected chi connectivity index (χ2v) is 5.69. The first kappa shape index (κ1) is 16.0. The van der Waals surface area contributed by atoms with Crippen LogP contribution in [0.5, 0.6) is 11.5 Å². The Morgan fingerprint density at radius 1 is 1.00 bits per heavy atom. The minimum absolute atomic E-state index is 0.0686. The number of carbonyl (C=O) groups is 1. The Kier molecular flexibility index (Phi) is 4.47. The number of aryl methyl sites for hydroxylation is 1. The zero-order valence-corrected chi connectivity index (χ0v) is 14.0. The Bertz CT molecular complexity index is 885. The molecular formula is C20H19NO3. The molecule has 0 saturated carbocycles. The zero-order chi connectivity index (χ0) is 17.1. The number of methoxy groups -OCH3 is 2. The quantitative estimate of drug-likeness (QED) is 0.667. The van der Waals surface area contributed by atoms with Crippen LogP contribution in [0.25, 0.3) is 10.8 Å². The number of Topliss-reactive ketones (excluding diaryl/α,β-unsaturated/α-hetero) is 1. The van der Waals surface area contributed by atoms with Crippen LogP contribution in [0, 0.1) is 6.92 Å². The molecule has 0 fully saturated rings. The number of ether oxygens (including phenoxy) is 2. The number of hydrogen-bond donors (Lipinski definition) is 0. The van der Waals surface area contributed by atoms with Crippen LogP contribution in [-0.4, -0.2) is 25.0 Å². The van der Waals surface area contributed by atoms with Gasteiger partial charge in [0.2, 0.25) is 0 Å². The van der Waals surface area contributed by atoms with E-state index in [2.05, 4.69) is 4.98 Å². The molecule has 4 heteroatoms. The van der Waals surface area contributed by atoms with Gasteiger partial charge in [0.15, 0.2) is 17.3 Å². The highest BCUT2D eigenvalue weighted by atomic mass is 16.5. The standard InChI is InChI=1S/C20H19NO3/c1-13-4-6-14(7-5-13)18(22)8-15-11-21-12-16-9-19(23-2)20(24-3)10-17(15)16/h4-7,9-12H,8H2,1-3H3. The van der Waals surface area contributed by atoms with Gasteiger partial charge in [0.25, 0.3) is 0 Å². The van der Waals surface area contributed by atoms with Gasteiger partial charge in [-0.2, -0.15) is 0 Å². The highest BCUT2D eigenvalue weighted by Gasteiger charge is 2.13. The maximum absolute atomic E-state index is 12.6. The molecule has 0 atom stereocenters. The monoisotopic (exact) mass is 321 g/mol. The summed E-state index contributed by atoms with van der Waals surface area (Å²) in [5, 5.41) is 1.87. The van der Waals surface area contributed by atoms with E-state index in [-0.39, 0.29) is 5.78 Å². The van der Waals surface area contributed by atoms with E-state index in [1.807, 2.05) is 43.3 Å². The number of hydrogen-bond acceptors (Lipinski definition) is 4. The summed E-state index contributed by atoms with van der Waals surface area (Å²) >= 11 is 0. The van der Waals surface area contributed by atoms with Crippen molar-refractivity contribution in [3.63, 3.8) is 0 Å². The third-order valence-electron chi connectivity index (χ3n) is 4.07. The van der Waals surface area contributed by atoms with Gasteiger partial charge in [0.05, 0.1) is 14.2 Å². The first-order valence-corrected chi connectivity index (χ1v) is 7.71. The summed E-state index contributed by atoms with van der Waals surface area (Å²) < 4.78 is 10.7. The van der Waals surface area contributed by atoms with E-state index >= 15 is 0 Å². The van der Waals surface area contributed by atoms with E-state index in [4.69, 9.17) is 9.47 Å². The molecule has 3 aromatic rings. The third-order valence-corrected chi connectivity index (χ3v) is 4.07. The van der Waals surface area contributed by atoms with E-state index in [1.54, 1.807) is 26.6 Å². The van der Waals surface area contributed by atoms with Crippen molar-refractivity contribution in [1.29, 1.82) is 0 Å². The molecule has 1 heterocycles. The molecule has 2 aromatic carbocycles. The third kappa shape index (κ3) is 3.08. The van der Waals surface area contributed by atoms with Crippen LogP contribution in [0.1, 0.15) is 21.5 Å². The average Bonchev–Trinajstić information content (AvgIpc) is 2.61. The predicted octanol–water partition coefficient (Wildman–Crippen LogP) is 3.99. The van der Waals surface area contributed by atoms with Crippen LogP contribution in [0.4, 0.5) is 0 Å². The maximum atomic E-state index is 12.6. The summed E-state index contributed by atoms with van der Waals surface area (Å²) in [5.74, 6) is 1.35. The summed E-state index contributed by atoms with van der Waals surface area (Å²) in [6.45, 7) is 2.00. The normalized spacial score (nSPS) is 10.6. The molecule has 0 saturated heterocycles. The van der Waals surface area contributed by atoms with Crippen LogP contribution >= 0.6 is 0 Å². The van der Waals surface area contributed by atoms with E-state index in [9.17, 15) is 4.79 Å². The number of carbonyl (C=O) groups excluding carboxylic acids is 1. The maximum Gasteiger partial charge on any atom is 0.167 e. The van der Waals surface area contributed by atoms with Crippen LogP contribution < -0.4 is 9.47 Å². The first-order chi connectivity index (χ1) is 11.6. The lowest BCUT2D eigenvalue weighted by atomic mass is 9.99. The molecule has 0 aliphatic rings. The summed E-state index contributed by atoms with van der Waals surface area (Å²) in [7, 11) is 3.20. The molecule has 24 heavy (non-hydrogen) atoms. The van der Waals surface area contributed by atoms with Gasteiger partial charge >= 0.3 is 0 Å². The fourth-order valence-electron chi connectivity index (χ4n) is 2.71. The largest absolute Gasteiger partial charge is 0.493 e. The van der Waals surface area contributed by atoms with Crippen molar-refractivity contribution in [2.45, 2.75) is 13.3 Å². The van der Waals surface area contributed by atoms with Crippen molar-refractivity contribution >= 4 is 16.6 Å². The van der Waals surface area contributed by atoms with Gasteiger partial charge < -0.3 is 9.47 Å².